The molecule has 2 amide bonds. The summed E-state index contributed by atoms with van der Waals surface area (Å²) in [6, 6.07) is 14.8. The van der Waals surface area contributed by atoms with Crippen molar-refractivity contribution in [1.29, 1.82) is 0 Å². The number of amides is 2. The van der Waals surface area contributed by atoms with Crippen LogP contribution in [0.5, 0.6) is 11.5 Å². The number of fused-ring (bicyclic) bond motifs is 1. The van der Waals surface area contributed by atoms with Crippen LogP contribution in [0.3, 0.4) is 0 Å². The molecular formula is C34H47N7O5. The molecule has 12 nitrogen and oxygen atoms in total. The van der Waals surface area contributed by atoms with Crippen molar-refractivity contribution in [2.75, 3.05) is 63.7 Å². The van der Waals surface area contributed by atoms with E-state index in [9.17, 15) is 9.59 Å². The van der Waals surface area contributed by atoms with Crippen LogP contribution < -0.4 is 25.2 Å². The highest BCUT2D eigenvalue weighted by atomic mass is 16.5. The van der Waals surface area contributed by atoms with E-state index in [1.165, 1.54) is 5.56 Å². The first-order chi connectivity index (χ1) is 22.5. The molecule has 1 aromatic heterocycles. The number of unbranched alkanes of at least 4 members (excludes halogenated alkanes) is 3. The number of benzene rings is 2. The van der Waals surface area contributed by atoms with E-state index in [0.717, 1.165) is 68.5 Å². The molecule has 0 radical (unpaired) electrons. The number of piperidine rings is 1. The van der Waals surface area contributed by atoms with Crippen molar-refractivity contribution in [2.24, 2.45) is 0 Å². The number of methoxy groups -OCH3 is 2. The molecule has 0 unspecified atom stereocenters. The molecular weight excluding hydrogens is 586 g/mol. The van der Waals surface area contributed by atoms with Gasteiger partial charge in [-0.1, -0.05) is 43.2 Å². The van der Waals surface area contributed by atoms with Gasteiger partial charge in [-0.05, 0) is 37.3 Å². The first kappa shape index (κ1) is 33.2. The Labute approximate surface area is 271 Å². The van der Waals surface area contributed by atoms with Crippen LogP contribution >= 0.6 is 0 Å². The Bertz CT molecular complexity index is 1440. The molecule has 3 heterocycles. The molecule has 3 aromatic rings. The standard InChI is InChI=1S/C34H47N7O5/c1-45-29-22-27-28(23-30(29)46-2)36-34(37-33(27)35-26-14-16-39(17-15-26)24-25-10-6-5-7-11-25)41-20-18-40(19-21-41)32(43)13-9-4-3-8-12-31(42)38-44/h5-7,10-11,22-23,26,44H,3-4,8-9,12-21,24H2,1-2H3,(H,38,42)(H,35,36,37). The van der Waals surface area contributed by atoms with Crippen molar-refractivity contribution >= 4 is 34.5 Å². The first-order valence-corrected chi connectivity index (χ1v) is 16.4. The van der Waals surface area contributed by atoms with Gasteiger partial charge in [0, 0.05) is 76.1 Å². The van der Waals surface area contributed by atoms with Crippen molar-refractivity contribution in [1.82, 2.24) is 25.2 Å². The van der Waals surface area contributed by atoms with Crippen LogP contribution in [0.4, 0.5) is 11.8 Å². The van der Waals surface area contributed by atoms with Crippen LogP contribution in [-0.2, 0) is 16.1 Å². The maximum absolute atomic E-state index is 12.9. The maximum Gasteiger partial charge on any atom is 0.243 e. The number of rotatable bonds is 14. The van der Waals surface area contributed by atoms with Gasteiger partial charge in [0.2, 0.25) is 17.8 Å². The zero-order chi connectivity index (χ0) is 32.3. The number of piperazine rings is 1. The van der Waals surface area contributed by atoms with Crippen LogP contribution in [0.1, 0.15) is 56.9 Å². The Kier molecular flexibility index (Phi) is 11.9. The number of carbonyl (C=O) groups excluding carboxylic acids is 2. The molecule has 2 saturated heterocycles. The molecule has 3 N–H and O–H groups in total. The molecule has 0 aliphatic carbocycles. The predicted molar refractivity (Wildman–Crippen MR) is 177 cm³/mol. The van der Waals surface area contributed by atoms with Crippen LogP contribution in [0, 0.1) is 0 Å². The van der Waals surface area contributed by atoms with Crippen LogP contribution in [0.15, 0.2) is 42.5 Å². The van der Waals surface area contributed by atoms with E-state index in [0.29, 0.717) is 62.9 Å². The van der Waals surface area contributed by atoms with E-state index in [1.807, 2.05) is 17.0 Å². The molecule has 46 heavy (non-hydrogen) atoms. The maximum atomic E-state index is 12.9. The fourth-order valence-corrected chi connectivity index (χ4v) is 6.25. The van der Waals surface area contributed by atoms with Gasteiger partial charge in [-0.15, -0.1) is 0 Å². The third-order valence-corrected chi connectivity index (χ3v) is 8.95. The molecule has 0 bridgehead atoms. The fraction of sp³-hybridized carbons (Fsp3) is 0.529. The Morgan fingerprint density at radius 2 is 1.54 bits per heavy atom. The Morgan fingerprint density at radius 1 is 0.870 bits per heavy atom. The molecule has 248 valence electrons. The third kappa shape index (κ3) is 8.76. The number of nitrogens with one attached hydrogen (secondary N) is 2. The number of nitrogens with zero attached hydrogens (tertiary/aromatic N) is 5. The summed E-state index contributed by atoms with van der Waals surface area (Å²) in [6.07, 6.45) is 6.05. The molecule has 2 aromatic carbocycles. The second-order valence-corrected chi connectivity index (χ2v) is 12.1. The Balaban J connectivity index is 1.21. The van der Waals surface area contributed by atoms with Crippen molar-refractivity contribution in [3.63, 3.8) is 0 Å². The zero-order valence-corrected chi connectivity index (χ0v) is 27.0. The van der Waals surface area contributed by atoms with Gasteiger partial charge >= 0.3 is 0 Å². The molecule has 2 aliphatic heterocycles. The molecule has 2 aliphatic rings. The van der Waals surface area contributed by atoms with Crippen molar-refractivity contribution in [3.8, 4) is 11.5 Å². The number of ether oxygens (including phenoxy) is 2. The SMILES string of the molecule is COc1cc2nc(N3CCN(C(=O)CCCCCCC(=O)NO)CC3)nc(NC3CCN(Cc4ccccc4)CC3)c2cc1OC. The van der Waals surface area contributed by atoms with E-state index in [-0.39, 0.29) is 17.9 Å². The highest BCUT2D eigenvalue weighted by Gasteiger charge is 2.25. The number of hydroxylamine groups is 1. The number of hydrogen-bond acceptors (Lipinski definition) is 10. The summed E-state index contributed by atoms with van der Waals surface area (Å²) in [5, 5.41) is 13.2. The Hall–Kier alpha value is -4.16. The van der Waals surface area contributed by atoms with Gasteiger partial charge in [0.05, 0.1) is 19.7 Å². The average molecular weight is 634 g/mol. The number of carbonyl (C=O) groups is 2. The number of anilines is 2. The molecule has 0 saturated carbocycles. The lowest BCUT2D eigenvalue weighted by Gasteiger charge is -2.35. The summed E-state index contributed by atoms with van der Waals surface area (Å²) in [5.74, 6) is 2.47. The topological polar surface area (TPSA) is 132 Å². The van der Waals surface area contributed by atoms with E-state index < -0.39 is 0 Å². The number of likely N-dealkylation sites (tertiary alicyclic amines) is 1. The van der Waals surface area contributed by atoms with Gasteiger partial charge in [0.1, 0.15) is 5.82 Å². The van der Waals surface area contributed by atoms with Gasteiger partial charge in [-0.3, -0.25) is 19.7 Å². The van der Waals surface area contributed by atoms with Crippen molar-refractivity contribution in [3.05, 3.63) is 48.0 Å². The summed E-state index contributed by atoms with van der Waals surface area (Å²) >= 11 is 0. The molecule has 5 rings (SSSR count). The summed E-state index contributed by atoms with van der Waals surface area (Å²) < 4.78 is 11.2. The molecule has 12 heteroatoms. The molecule has 0 spiro atoms. The van der Waals surface area contributed by atoms with E-state index in [1.54, 1.807) is 19.7 Å². The third-order valence-electron chi connectivity index (χ3n) is 8.95. The summed E-state index contributed by atoms with van der Waals surface area (Å²) in [4.78, 5) is 40.6. The lowest BCUT2D eigenvalue weighted by atomic mass is 10.0. The van der Waals surface area contributed by atoms with Gasteiger partial charge in [0.15, 0.2) is 11.5 Å². The lowest BCUT2D eigenvalue weighted by molar-refractivity contribution is -0.132. The van der Waals surface area contributed by atoms with E-state index in [2.05, 4.69) is 45.4 Å². The number of hydrogen-bond donors (Lipinski definition) is 3. The first-order valence-electron chi connectivity index (χ1n) is 16.4. The largest absolute Gasteiger partial charge is 0.493 e. The van der Waals surface area contributed by atoms with Crippen LogP contribution in [0.2, 0.25) is 0 Å². The highest BCUT2D eigenvalue weighted by molar-refractivity contribution is 5.93. The smallest absolute Gasteiger partial charge is 0.243 e. The van der Waals surface area contributed by atoms with E-state index >= 15 is 0 Å². The number of aromatic nitrogens is 2. The normalized spacial score (nSPS) is 16.0. The van der Waals surface area contributed by atoms with Crippen LogP contribution in [-0.4, -0.2) is 96.3 Å². The predicted octanol–water partition coefficient (Wildman–Crippen LogP) is 4.22. The van der Waals surface area contributed by atoms with Gasteiger partial charge < -0.3 is 24.6 Å². The second kappa shape index (κ2) is 16.4. The lowest BCUT2D eigenvalue weighted by Crippen LogP contribution is -2.49. The summed E-state index contributed by atoms with van der Waals surface area (Å²) in [7, 11) is 3.26. The monoisotopic (exact) mass is 633 g/mol. The summed E-state index contributed by atoms with van der Waals surface area (Å²) in [5.41, 5.74) is 3.77. The quantitative estimate of drug-likeness (QED) is 0.135. The minimum absolute atomic E-state index is 0.157. The van der Waals surface area contributed by atoms with Crippen LogP contribution in [0.25, 0.3) is 10.9 Å². The Morgan fingerprint density at radius 3 is 2.22 bits per heavy atom. The average Bonchev–Trinajstić information content (AvgIpc) is 3.10. The highest BCUT2D eigenvalue weighted by Crippen LogP contribution is 2.36. The van der Waals surface area contributed by atoms with Crippen molar-refractivity contribution in [2.45, 2.75) is 64.0 Å². The van der Waals surface area contributed by atoms with Gasteiger partial charge in [-0.2, -0.15) is 4.98 Å². The van der Waals surface area contributed by atoms with Gasteiger partial charge in [0.25, 0.3) is 0 Å². The second-order valence-electron chi connectivity index (χ2n) is 12.1. The minimum atomic E-state index is -0.369. The van der Waals surface area contributed by atoms with E-state index in [4.69, 9.17) is 24.6 Å². The fourth-order valence-electron chi connectivity index (χ4n) is 6.25. The minimum Gasteiger partial charge on any atom is -0.493 e. The summed E-state index contributed by atoms with van der Waals surface area (Å²) in [6.45, 7) is 5.52. The van der Waals surface area contributed by atoms with Crippen molar-refractivity contribution < 1.29 is 24.3 Å². The molecule has 0 atom stereocenters. The zero-order valence-electron chi connectivity index (χ0n) is 27.0. The van der Waals surface area contributed by atoms with Gasteiger partial charge in [-0.25, -0.2) is 10.5 Å². The molecule has 2 fully saturated rings.